The molecule has 0 atom stereocenters. The minimum Gasteiger partial charge on any atom is -0.443 e. The van der Waals surface area contributed by atoms with Gasteiger partial charge in [0.15, 0.2) is 0 Å². The van der Waals surface area contributed by atoms with Gasteiger partial charge in [0.1, 0.15) is 6.61 Å². The molecule has 0 aliphatic carbocycles. The van der Waals surface area contributed by atoms with Crippen LogP contribution in [0, 0.1) is 0 Å². The van der Waals surface area contributed by atoms with Crippen molar-refractivity contribution in [2.45, 2.75) is 16.4 Å². The van der Waals surface area contributed by atoms with Crippen molar-refractivity contribution in [1.29, 1.82) is 0 Å². The van der Waals surface area contributed by atoms with Crippen molar-refractivity contribution in [3.8, 4) is 0 Å². The number of rotatable bonds is 3. The van der Waals surface area contributed by atoms with Crippen LogP contribution in [0.4, 0.5) is 18.0 Å². The second-order valence-electron chi connectivity index (χ2n) is 4.14. The molecule has 1 amide bonds. The molecule has 0 radical (unpaired) electrons. The Kier molecular flexibility index (Phi) is 6.79. The molecule has 128 valence electrons. The maximum absolute atomic E-state index is 12.4. The molecule has 11 heteroatoms. The van der Waals surface area contributed by atoms with Gasteiger partial charge in [-0.15, -0.1) is 5.48 Å². The largest absolute Gasteiger partial charge is 0.443 e. The molecule has 1 aromatic rings. The van der Waals surface area contributed by atoms with Gasteiger partial charge < -0.3 is 9.57 Å². The van der Waals surface area contributed by atoms with Gasteiger partial charge in [-0.3, -0.25) is 0 Å². The maximum atomic E-state index is 12.4. The molecule has 0 spiro atoms. The Balaban J connectivity index is 2.41. The van der Waals surface area contributed by atoms with Crippen LogP contribution < -0.4 is 5.48 Å². The molecular weight excluding hydrogens is 385 g/mol. The van der Waals surface area contributed by atoms with Crippen LogP contribution in [-0.4, -0.2) is 22.5 Å². The summed E-state index contributed by atoms with van der Waals surface area (Å²) in [4.78, 5) is 26.9. The zero-order chi connectivity index (χ0) is 17.7. The van der Waals surface area contributed by atoms with Gasteiger partial charge in [-0.1, -0.05) is 46.9 Å². The standard InChI is InChI=1S/C12H9Cl3F3NO4/c13-11(14,15)6-22-10(21)19-23-9(20)5-7-1-3-8(4-2-7)12(16,17)18/h1-4H,5-6H2,(H,19,21). The second-order valence-corrected chi connectivity index (χ2v) is 6.65. The van der Waals surface area contributed by atoms with Gasteiger partial charge in [0.2, 0.25) is 3.79 Å². The summed E-state index contributed by atoms with van der Waals surface area (Å²) in [5, 5.41) is 0. The minimum atomic E-state index is -4.47. The highest BCUT2D eigenvalue weighted by Crippen LogP contribution is 2.29. The predicted molar refractivity (Wildman–Crippen MR) is 76.0 cm³/mol. The van der Waals surface area contributed by atoms with E-state index in [1.54, 1.807) is 5.48 Å². The van der Waals surface area contributed by atoms with E-state index in [0.717, 1.165) is 24.3 Å². The van der Waals surface area contributed by atoms with E-state index in [-0.39, 0.29) is 12.0 Å². The number of hydrogen-bond acceptors (Lipinski definition) is 4. The van der Waals surface area contributed by atoms with Crippen molar-refractivity contribution in [2.75, 3.05) is 6.61 Å². The quantitative estimate of drug-likeness (QED) is 0.626. The lowest BCUT2D eigenvalue weighted by molar-refractivity contribution is -0.148. The normalized spacial score (nSPS) is 11.7. The average Bonchev–Trinajstić information content (AvgIpc) is 2.42. The highest BCUT2D eigenvalue weighted by molar-refractivity contribution is 6.67. The fourth-order valence-electron chi connectivity index (χ4n) is 1.29. The molecule has 0 saturated carbocycles. The summed E-state index contributed by atoms with van der Waals surface area (Å²) < 4.78 is 39.7. The summed E-state index contributed by atoms with van der Waals surface area (Å²) in [7, 11) is 0. The van der Waals surface area contributed by atoms with Crippen LogP contribution in [0.25, 0.3) is 0 Å². The Morgan fingerprint density at radius 3 is 2.13 bits per heavy atom. The van der Waals surface area contributed by atoms with Crippen LogP contribution in [0.5, 0.6) is 0 Å². The number of carbonyl (C=O) groups excluding carboxylic acids is 2. The molecule has 0 aromatic heterocycles. The zero-order valence-electron chi connectivity index (χ0n) is 11.1. The first kappa shape index (κ1) is 19.7. The third-order valence-electron chi connectivity index (χ3n) is 2.24. The Morgan fingerprint density at radius 2 is 1.65 bits per heavy atom. The first-order chi connectivity index (χ1) is 10.5. The van der Waals surface area contributed by atoms with Gasteiger partial charge in [0.05, 0.1) is 12.0 Å². The summed E-state index contributed by atoms with van der Waals surface area (Å²) in [6, 6.07) is 3.88. The van der Waals surface area contributed by atoms with Crippen LogP contribution in [0.1, 0.15) is 11.1 Å². The molecule has 1 N–H and O–H groups in total. The van der Waals surface area contributed by atoms with Crippen molar-refractivity contribution in [2.24, 2.45) is 0 Å². The zero-order valence-corrected chi connectivity index (χ0v) is 13.4. The van der Waals surface area contributed by atoms with Crippen molar-refractivity contribution in [3.05, 3.63) is 35.4 Å². The van der Waals surface area contributed by atoms with Crippen LogP contribution >= 0.6 is 34.8 Å². The summed E-state index contributed by atoms with van der Waals surface area (Å²) in [5.74, 6) is -0.921. The molecule has 0 bridgehead atoms. The van der Waals surface area contributed by atoms with Crippen LogP contribution in [-0.2, 0) is 27.0 Å². The molecular formula is C12H9Cl3F3NO4. The number of hydroxylamine groups is 1. The second kappa shape index (κ2) is 7.94. The third kappa shape index (κ3) is 8.15. The smallest absolute Gasteiger partial charge is 0.440 e. The molecule has 0 aliphatic heterocycles. The highest BCUT2D eigenvalue weighted by atomic mass is 35.6. The fraction of sp³-hybridized carbons (Fsp3) is 0.333. The van der Waals surface area contributed by atoms with Gasteiger partial charge in [-0.05, 0) is 17.7 Å². The highest BCUT2D eigenvalue weighted by Gasteiger charge is 2.30. The van der Waals surface area contributed by atoms with Gasteiger partial charge in [-0.2, -0.15) is 13.2 Å². The Bertz CT molecular complexity index is 558. The van der Waals surface area contributed by atoms with Crippen LogP contribution in [0.2, 0.25) is 0 Å². The number of halogens is 6. The number of ether oxygens (including phenoxy) is 1. The van der Waals surface area contributed by atoms with Gasteiger partial charge >= 0.3 is 18.2 Å². The van der Waals surface area contributed by atoms with Crippen molar-refractivity contribution in [1.82, 2.24) is 5.48 Å². The third-order valence-corrected chi connectivity index (χ3v) is 2.57. The molecule has 5 nitrogen and oxygen atoms in total. The number of alkyl halides is 6. The van der Waals surface area contributed by atoms with Gasteiger partial charge in [0, 0.05) is 0 Å². The molecule has 23 heavy (non-hydrogen) atoms. The van der Waals surface area contributed by atoms with E-state index in [4.69, 9.17) is 34.8 Å². The van der Waals surface area contributed by atoms with Crippen molar-refractivity contribution in [3.63, 3.8) is 0 Å². The Morgan fingerprint density at radius 1 is 1.09 bits per heavy atom. The molecule has 0 heterocycles. The Labute approximate surface area is 143 Å². The predicted octanol–water partition coefficient (Wildman–Crippen LogP) is 3.80. The molecule has 0 saturated heterocycles. The van der Waals surface area contributed by atoms with E-state index in [9.17, 15) is 22.8 Å². The summed E-state index contributed by atoms with van der Waals surface area (Å²) in [6.45, 7) is -0.569. The van der Waals surface area contributed by atoms with E-state index >= 15 is 0 Å². The van der Waals surface area contributed by atoms with Crippen molar-refractivity contribution >= 4 is 46.9 Å². The van der Waals surface area contributed by atoms with Crippen LogP contribution in [0.3, 0.4) is 0 Å². The number of nitrogens with one attached hydrogen (secondary N) is 1. The average molecular weight is 395 g/mol. The summed E-state index contributed by atoms with van der Waals surface area (Å²) in [5.41, 5.74) is 1.06. The monoisotopic (exact) mass is 393 g/mol. The maximum Gasteiger partial charge on any atom is 0.440 e. The minimum absolute atomic E-state index is 0.263. The first-order valence-electron chi connectivity index (χ1n) is 5.83. The van der Waals surface area contributed by atoms with Crippen molar-refractivity contribution < 1.29 is 32.3 Å². The van der Waals surface area contributed by atoms with E-state index in [0.29, 0.717) is 0 Å². The van der Waals surface area contributed by atoms with E-state index in [1.807, 2.05) is 0 Å². The molecule has 1 rings (SSSR count). The number of hydrogen-bond donors (Lipinski definition) is 1. The number of amides is 1. The summed E-state index contributed by atoms with van der Waals surface area (Å²) in [6.07, 6.45) is -5.99. The lowest BCUT2D eigenvalue weighted by Gasteiger charge is -2.11. The van der Waals surface area contributed by atoms with E-state index < -0.39 is 34.2 Å². The summed E-state index contributed by atoms with van der Waals surface area (Å²) >= 11 is 16.0. The lowest BCUT2D eigenvalue weighted by atomic mass is 10.1. The SMILES string of the molecule is O=C(Cc1ccc(C(F)(F)F)cc1)ONC(=O)OCC(Cl)(Cl)Cl. The topological polar surface area (TPSA) is 64.6 Å². The fourth-order valence-corrected chi connectivity index (χ4v) is 1.45. The lowest BCUT2D eigenvalue weighted by Crippen LogP contribution is -2.30. The molecule has 1 aromatic carbocycles. The van der Waals surface area contributed by atoms with Crippen LogP contribution in [0.15, 0.2) is 24.3 Å². The molecule has 0 aliphatic rings. The van der Waals surface area contributed by atoms with E-state index in [2.05, 4.69) is 9.57 Å². The Hall–Kier alpha value is -1.38. The number of carbonyl (C=O) groups is 2. The molecule has 0 unspecified atom stereocenters. The first-order valence-corrected chi connectivity index (χ1v) is 6.96. The molecule has 0 fully saturated rings. The number of benzene rings is 1. The van der Waals surface area contributed by atoms with E-state index in [1.165, 1.54) is 0 Å². The van der Waals surface area contributed by atoms with Gasteiger partial charge in [0.25, 0.3) is 0 Å². The van der Waals surface area contributed by atoms with Gasteiger partial charge in [-0.25, -0.2) is 9.59 Å².